The lowest BCUT2D eigenvalue weighted by molar-refractivity contribution is 0.461. The molecule has 0 heterocycles. The molecule has 0 atom stereocenters. The first-order valence-electron chi connectivity index (χ1n) is 5.74. The molecule has 0 aliphatic carbocycles. The highest BCUT2D eigenvalue weighted by Crippen LogP contribution is 2.13. The summed E-state index contributed by atoms with van der Waals surface area (Å²) in [5.41, 5.74) is 0.928. The van der Waals surface area contributed by atoms with E-state index >= 15 is 0 Å². The lowest BCUT2D eigenvalue weighted by atomic mass is 10.2. The van der Waals surface area contributed by atoms with Crippen LogP contribution in [0.25, 0.3) is 0 Å². The van der Waals surface area contributed by atoms with Crippen molar-refractivity contribution in [1.82, 2.24) is 0 Å². The number of hydrogen-bond acceptors (Lipinski definition) is 6. The van der Waals surface area contributed by atoms with Crippen molar-refractivity contribution >= 4 is 36.2 Å². The maximum atomic E-state index is 10.4. The molecule has 2 rings (SSSR count). The molecule has 0 radical (unpaired) electrons. The van der Waals surface area contributed by atoms with Crippen LogP contribution >= 0.6 is 15.9 Å². The number of halogens is 1. The van der Waals surface area contributed by atoms with Gasteiger partial charge in [-0.2, -0.15) is 0 Å². The minimum atomic E-state index is -4.29. The molecule has 0 aromatic heterocycles. The van der Waals surface area contributed by atoms with Gasteiger partial charge in [-0.3, -0.25) is 0 Å². The van der Waals surface area contributed by atoms with Crippen molar-refractivity contribution in [3.05, 3.63) is 58.6 Å². The topological polar surface area (TPSA) is 114 Å². The van der Waals surface area contributed by atoms with E-state index in [1.54, 1.807) is 12.1 Å². The van der Waals surface area contributed by atoms with Gasteiger partial charge in [0.2, 0.25) is 0 Å². The van der Waals surface area contributed by atoms with Crippen LogP contribution in [0, 0.1) is 6.92 Å². The average Bonchev–Trinajstić information content (AvgIpc) is 2.38. The highest BCUT2D eigenvalue weighted by atomic mass is 79.9. The van der Waals surface area contributed by atoms with Crippen LogP contribution in [0.3, 0.4) is 0 Å². The van der Waals surface area contributed by atoms with Gasteiger partial charge >= 0.3 is 0 Å². The van der Waals surface area contributed by atoms with Crippen LogP contribution in [-0.2, 0) is 20.2 Å². The predicted octanol–water partition coefficient (Wildman–Crippen LogP) is 2.25. The highest BCUT2D eigenvalue weighted by molar-refractivity contribution is 9.10. The van der Waals surface area contributed by atoms with Crippen molar-refractivity contribution in [3.8, 4) is 0 Å². The molecule has 0 aliphatic rings. The third-order valence-electron chi connectivity index (χ3n) is 2.41. The van der Waals surface area contributed by atoms with Crippen molar-refractivity contribution < 1.29 is 25.9 Å². The number of hydrogen-bond donors (Lipinski definition) is 0. The van der Waals surface area contributed by atoms with Gasteiger partial charge in [-0.05, 0) is 43.3 Å². The van der Waals surface area contributed by atoms with E-state index < -0.39 is 20.2 Å². The van der Waals surface area contributed by atoms with E-state index in [0.29, 0.717) is 0 Å². The highest BCUT2D eigenvalue weighted by Gasteiger charge is 1.98. The molecule has 0 fully saturated rings. The molecule has 0 bridgehead atoms. The second kappa shape index (κ2) is 7.34. The minimum absolute atomic E-state index is 0.178. The van der Waals surface area contributed by atoms with Crippen molar-refractivity contribution in [2.75, 3.05) is 0 Å². The van der Waals surface area contributed by atoms with Gasteiger partial charge in [-0.25, -0.2) is 16.8 Å². The Morgan fingerprint density at radius 2 is 1.05 bits per heavy atom. The van der Waals surface area contributed by atoms with Crippen LogP contribution in [0.4, 0.5) is 0 Å². The van der Waals surface area contributed by atoms with Gasteiger partial charge in [0.25, 0.3) is 0 Å². The fourth-order valence-corrected chi connectivity index (χ4v) is 2.51. The molecule has 120 valence electrons. The molecule has 0 N–H and O–H groups in total. The molecule has 2 aromatic rings. The van der Waals surface area contributed by atoms with E-state index in [4.69, 9.17) is 0 Å². The quantitative estimate of drug-likeness (QED) is 0.706. The second-order valence-corrected chi connectivity index (χ2v) is 7.85. The third-order valence-corrected chi connectivity index (χ3v) is 4.64. The summed E-state index contributed by atoms with van der Waals surface area (Å²) in [7, 11) is -8.56. The van der Waals surface area contributed by atoms with Crippen molar-refractivity contribution in [2.45, 2.75) is 16.7 Å². The van der Waals surface area contributed by atoms with Crippen molar-refractivity contribution in [2.24, 2.45) is 0 Å². The first kappa shape index (κ1) is 18.8. The summed E-state index contributed by atoms with van der Waals surface area (Å²) >= 11 is 3.12. The molecule has 2 aromatic carbocycles. The van der Waals surface area contributed by atoms with E-state index in [1.165, 1.54) is 36.4 Å². The van der Waals surface area contributed by atoms with Crippen LogP contribution in [0.1, 0.15) is 5.56 Å². The SMILES string of the molecule is Cc1ccc(S(=O)(=O)[O-])cc1.O=S(=O)([O-])c1ccc(Br)cc1. The van der Waals surface area contributed by atoms with E-state index in [1.807, 2.05) is 6.92 Å². The van der Waals surface area contributed by atoms with Gasteiger partial charge in [-0.1, -0.05) is 33.6 Å². The average molecular weight is 407 g/mol. The van der Waals surface area contributed by atoms with Gasteiger partial charge in [0.1, 0.15) is 20.2 Å². The summed E-state index contributed by atoms with van der Waals surface area (Å²) in [4.78, 5) is -0.385. The minimum Gasteiger partial charge on any atom is -0.744 e. The Morgan fingerprint density at radius 1 is 0.727 bits per heavy atom. The molecule has 9 heteroatoms. The Labute approximate surface area is 137 Å². The second-order valence-electron chi connectivity index (χ2n) is 4.18. The molecular weight excluding hydrogens is 396 g/mol. The molecule has 6 nitrogen and oxygen atoms in total. The summed E-state index contributed by atoms with van der Waals surface area (Å²) in [6.07, 6.45) is 0. The first-order valence-corrected chi connectivity index (χ1v) is 9.35. The molecule has 0 aliphatic heterocycles. The maximum Gasteiger partial charge on any atom is 0.124 e. The van der Waals surface area contributed by atoms with Gasteiger partial charge < -0.3 is 9.11 Å². The third kappa shape index (κ3) is 6.24. The predicted molar refractivity (Wildman–Crippen MR) is 81.2 cm³/mol. The number of aryl methyl sites for hydroxylation is 1. The molecule has 0 amide bonds. The van der Waals surface area contributed by atoms with E-state index in [-0.39, 0.29) is 9.79 Å². The van der Waals surface area contributed by atoms with Crippen molar-refractivity contribution in [3.63, 3.8) is 0 Å². The van der Waals surface area contributed by atoms with Crippen molar-refractivity contribution in [1.29, 1.82) is 0 Å². The van der Waals surface area contributed by atoms with E-state index in [0.717, 1.165) is 10.0 Å². The molecular formula is C13H11BrO6S2-2. The smallest absolute Gasteiger partial charge is 0.124 e. The maximum absolute atomic E-state index is 10.4. The molecule has 0 saturated carbocycles. The fraction of sp³-hybridized carbons (Fsp3) is 0.0769. The zero-order chi connectivity index (χ0) is 17.0. The van der Waals surface area contributed by atoms with Gasteiger partial charge in [-0.15, -0.1) is 0 Å². The molecule has 0 spiro atoms. The Kier molecular flexibility index (Phi) is 6.27. The number of rotatable bonds is 2. The molecule has 0 saturated heterocycles. The summed E-state index contributed by atoms with van der Waals surface area (Å²) in [5.74, 6) is 0. The summed E-state index contributed by atoms with van der Waals surface area (Å²) < 4.78 is 63.0. The van der Waals surface area contributed by atoms with Gasteiger partial charge in [0, 0.05) is 4.47 Å². The Morgan fingerprint density at radius 3 is 1.36 bits per heavy atom. The first-order chi connectivity index (χ1) is 10.00. The van der Waals surface area contributed by atoms with E-state index in [2.05, 4.69) is 15.9 Å². The lowest BCUT2D eigenvalue weighted by Gasteiger charge is -2.05. The van der Waals surface area contributed by atoms with Crippen LogP contribution in [0.15, 0.2) is 62.8 Å². The van der Waals surface area contributed by atoms with Crippen LogP contribution < -0.4 is 0 Å². The largest absolute Gasteiger partial charge is 0.744 e. The van der Waals surface area contributed by atoms with Gasteiger partial charge in [0.05, 0.1) is 9.79 Å². The zero-order valence-electron chi connectivity index (χ0n) is 11.3. The molecule has 0 unspecified atom stereocenters. The van der Waals surface area contributed by atoms with Gasteiger partial charge in [0.15, 0.2) is 0 Å². The Bertz CT molecular complexity index is 752. The monoisotopic (exact) mass is 406 g/mol. The number of benzene rings is 2. The lowest BCUT2D eigenvalue weighted by Crippen LogP contribution is -1.97. The summed E-state index contributed by atoms with van der Waals surface area (Å²) in [6.45, 7) is 1.82. The molecule has 22 heavy (non-hydrogen) atoms. The van der Waals surface area contributed by atoms with Crippen LogP contribution in [0.2, 0.25) is 0 Å². The summed E-state index contributed by atoms with van der Waals surface area (Å²) in [5, 5.41) is 0. The zero-order valence-corrected chi connectivity index (χ0v) is 14.5. The Hall–Kier alpha value is -1.26. The standard InChI is InChI=1S/C7H8O3S.C6H5BrO3S/c1-6-2-4-7(5-3-6)11(8,9)10;7-5-1-3-6(4-2-5)11(8,9)10/h2-5H,1H3,(H,8,9,10);1-4H,(H,8,9,10)/p-2. The van der Waals surface area contributed by atoms with Crippen LogP contribution in [-0.4, -0.2) is 25.9 Å². The summed E-state index contributed by atoms with van der Waals surface area (Å²) in [6, 6.07) is 11.3. The Balaban J connectivity index is 0.000000220. The fourth-order valence-electron chi connectivity index (χ4n) is 1.31. The van der Waals surface area contributed by atoms with E-state index in [9.17, 15) is 25.9 Å². The van der Waals surface area contributed by atoms with Crippen LogP contribution in [0.5, 0.6) is 0 Å². The normalized spacial score (nSPS) is 11.5.